The van der Waals surface area contributed by atoms with E-state index in [-0.39, 0.29) is 68.5 Å². The highest BCUT2D eigenvalue weighted by molar-refractivity contribution is 5.77. The van der Waals surface area contributed by atoms with Gasteiger partial charge < -0.3 is 9.80 Å². The number of rotatable bonds is 25. The molecular weight excluding hydrogens is 877 g/mol. The number of hydrogen-bond donors (Lipinski definition) is 0. The molecule has 0 spiro atoms. The Labute approximate surface area is 431 Å². The Morgan fingerprint density at radius 3 is 0.686 bits per heavy atom. The molecule has 4 aliphatic heterocycles. The second kappa shape index (κ2) is 24.5. The van der Waals surface area contributed by atoms with Crippen molar-refractivity contribution in [3.05, 3.63) is 0 Å². The van der Waals surface area contributed by atoms with Crippen LogP contribution in [0.25, 0.3) is 0 Å². The molecule has 12 heteroatoms. The van der Waals surface area contributed by atoms with Gasteiger partial charge in [-0.15, -0.1) is 0 Å². The highest BCUT2D eigenvalue weighted by Crippen LogP contribution is 2.48. The molecule has 2 amide bonds. The summed E-state index contributed by atoms with van der Waals surface area (Å²) in [7, 11) is 0. The van der Waals surface area contributed by atoms with Crippen molar-refractivity contribution in [2.45, 2.75) is 335 Å². The lowest BCUT2D eigenvalue weighted by atomic mass is 9.74. The SMILES string of the molecule is CCCON1C(C)(C)CC(N(C(=O)CCCCCCCCC(=O)N(C2CC(C)(C)N(OCCC)C(C)(C)C2)C2CC(C)(C)N(OCCC)C(C)(C)C2)C2CC(C)(C)N(OCCC)C(C)(C)C2)CC1(C)C. The second-order valence-corrected chi connectivity index (χ2v) is 27.5. The maximum absolute atomic E-state index is 14.9. The normalized spacial score (nSPS) is 25.3. The summed E-state index contributed by atoms with van der Waals surface area (Å²) in [4.78, 5) is 60.3. The van der Waals surface area contributed by atoms with Gasteiger partial charge in [-0.1, -0.05) is 53.4 Å². The van der Waals surface area contributed by atoms with Crippen LogP contribution < -0.4 is 0 Å². The van der Waals surface area contributed by atoms with Crippen LogP contribution in [0, 0.1) is 0 Å². The lowest BCUT2D eigenvalue weighted by Crippen LogP contribution is -2.69. The molecule has 4 aliphatic rings. The minimum atomic E-state index is -0.226. The number of carbonyl (C=O) groups excluding carboxylic acids is 2. The van der Waals surface area contributed by atoms with E-state index < -0.39 is 0 Å². The van der Waals surface area contributed by atoms with Gasteiger partial charge in [0, 0.05) is 81.3 Å². The van der Waals surface area contributed by atoms with Gasteiger partial charge in [0.25, 0.3) is 0 Å². The van der Waals surface area contributed by atoms with Crippen molar-refractivity contribution >= 4 is 11.8 Å². The highest BCUT2D eigenvalue weighted by atomic mass is 16.7. The molecule has 410 valence electrons. The van der Waals surface area contributed by atoms with Crippen LogP contribution in [0.4, 0.5) is 0 Å². The fraction of sp³-hybridized carbons (Fsp3) is 0.966. The first-order valence-electron chi connectivity index (χ1n) is 28.7. The molecule has 0 aliphatic carbocycles. The summed E-state index contributed by atoms with van der Waals surface area (Å²) in [6.45, 7) is 48.2. The largest absolute Gasteiger partial charge is 0.336 e. The van der Waals surface area contributed by atoms with Crippen LogP contribution in [0.2, 0.25) is 0 Å². The van der Waals surface area contributed by atoms with Crippen molar-refractivity contribution in [1.29, 1.82) is 0 Å². The van der Waals surface area contributed by atoms with Crippen LogP contribution in [0.5, 0.6) is 0 Å². The molecule has 70 heavy (non-hydrogen) atoms. The predicted octanol–water partition coefficient (Wildman–Crippen LogP) is 13.2. The zero-order valence-electron chi connectivity index (χ0n) is 49.4. The molecule has 4 fully saturated rings. The van der Waals surface area contributed by atoms with Crippen LogP contribution in [0.15, 0.2) is 0 Å². The minimum absolute atomic E-state index is 0.119. The van der Waals surface area contributed by atoms with Crippen molar-refractivity contribution in [2.24, 2.45) is 0 Å². The number of hydroxylamine groups is 8. The van der Waals surface area contributed by atoms with E-state index in [1.165, 1.54) is 0 Å². The van der Waals surface area contributed by atoms with E-state index in [1.807, 2.05) is 0 Å². The van der Waals surface area contributed by atoms with E-state index in [1.54, 1.807) is 0 Å². The van der Waals surface area contributed by atoms with Crippen LogP contribution >= 0.6 is 0 Å². The summed E-state index contributed by atoms with van der Waals surface area (Å²) >= 11 is 0. The standard InChI is InChI=1S/C58H112N6O6/c1-21-33-67-61-51(5,6)37-45(38-52(61,7)8)59(46-39-53(9,10)62(68-34-22-2)54(11,12)40-46)49(65)31-29-27-25-26-28-30-32-50(66)60(47-41-55(13,14)63(69-35-23-3)56(15,16)42-47)48-43-57(17,18)64(70-36-24-4)58(19,20)44-48/h45-48H,21-44H2,1-20H3. The molecule has 0 aromatic rings. The van der Waals surface area contributed by atoms with Crippen molar-refractivity contribution < 1.29 is 28.9 Å². The van der Waals surface area contributed by atoms with Crippen molar-refractivity contribution in [2.75, 3.05) is 26.4 Å². The van der Waals surface area contributed by atoms with E-state index in [0.29, 0.717) is 51.1 Å². The molecule has 0 saturated carbocycles. The first-order valence-corrected chi connectivity index (χ1v) is 28.7. The predicted molar refractivity (Wildman–Crippen MR) is 288 cm³/mol. The maximum atomic E-state index is 14.9. The van der Waals surface area contributed by atoms with E-state index in [9.17, 15) is 9.59 Å². The lowest BCUT2D eigenvalue weighted by Gasteiger charge is -2.60. The first-order chi connectivity index (χ1) is 32.3. The molecule has 0 atom stereocenters. The Morgan fingerprint density at radius 2 is 0.514 bits per heavy atom. The van der Waals surface area contributed by atoms with Gasteiger partial charge in [-0.2, -0.15) is 20.3 Å². The molecule has 0 N–H and O–H groups in total. The summed E-state index contributed by atoms with van der Waals surface area (Å²) in [6.07, 6.45) is 18.0. The molecule has 0 bridgehead atoms. The van der Waals surface area contributed by atoms with E-state index >= 15 is 0 Å². The summed E-state index contributed by atoms with van der Waals surface area (Å²) < 4.78 is 0. The van der Waals surface area contributed by atoms with Crippen molar-refractivity contribution in [3.8, 4) is 0 Å². The van der Waals surface area contributed by atoms with Gasteiger partial charge in [-0.05, 0) is 201 Å². The number of piperidine rings is 4. The zero-order chi connectivity index (χ0) is 52.7. The number of nitrogens with zero attached hydrogens (tertiary/aromatic N) is 6. The van der Waals surface area contributed by atoms with Crippen molar-refractivity contribution in [3.63, 3.8) is 0 Å². The molecule has 0 radical (unpaired) electrons. The molecule has 0 aromatic carbocycles. The quantitative estimate of drug-likeness (QED) is 0.0824. The maximum Gasteiger partial charge on any atom is 0.223 e. The Hall–Kier alpha value is -1.38. The van der Waals surface area contributed by atoms with Gasteiger partial charge in [0.15, 0.2) is 0 Å². The highest BCUT2D eigenvalue weighted by Gasteiger charge is 2.56. The minimum Gasteiger partial charge on any atom is -0.336 e. The monoisotopic (exact) mass is 989 g/mol. The summed E-state index contributed by atoms with van der Waals surface area (Å²) in [5.41, 5.74) is -1.81. The average molecular weight is 990 g/mol. The summed E-state index contributed by atoms with van der Waals surface area (Å²) in [5, 5.41) is 8.97. The molecular formula is C58H112N6O6. The van der Waals surface area contributed by atoms with E-state index in [0.717, 1.165) is 116 Å². The molecule has 12 nitrogen and oxygen atoms in total. The third-order valence-electron chi connectivity index (χ3n) is 16.2. The molecule has 4 saturated heterocycles. The lowest BCUT2D eigenvalue weighted by molar-refractivity contribution is -0.297. The number of amides is 2. The van der Waals surface area contributed by atoms with Crippen LogP contribution in [-0.2, 0) is 28.9 Å². The molecule has 0 unspecified atom stereocenters. The topological polar surface area (TPSA) is 90.5 Å². The summed E-state index contributed by atoms with van der Waals surface area (Å²) in [6, 6.07) is 0.478. The smallest absolute Gasteiger partial charge is 0.223 e. The zero-order valence-corrected chi connectivity index (χ0v) is 49.4. The molecule has 0 aromatic heterocycles. The van der Waals surface area contributed by atoms with E-state index in [4.69, 9.17) is 19.4 Å². The van der Waals surface area contributed by atoms with Crippen LogP contribution in [-0.4, -0.2) is 137 Å². The van der Waals surface area contributed by atoms with Gasteiger partial charge in [-0.3, -0.25) is 28.9 Å². The molecule has 4 heterocycles. The van der Waals surface area contributed by atoms with Crippen molar-refractivity contribution in [1.82, 2.24) is 30.1 Å². The van der Waals surface area contributed by atoms with Gasteiger partial charge in [0.2, 0.25) is 11.8 Å². The van der Waals surface area contributed by atoms with Crippen LogP contribution in [0.3, 0.4) is 0 Å². The van der Waals surface area contributed by atoms with Gasteiger partial charge >= 0.3 is 0 Å². The third kappa shape index (κ3) is 15.1. The second-order valence-electron chi connectivity index (χ2n) is 27.5. The Bertz CT molecular complexity index is 1360. The average Bonchev–Trinajstić information content (AvgIpc) is 3.19. The first kappa shape index (κ1) is 61.2. The number of unbranched alkanes of at least 4 members (excludes halogenated alkanes) is 5. The van der Waals surface area contributed by atoms with E-state index in [2.05, 4.69) is 169 Å². The Morgan fingerprint density at radius 1 is 0.343 bits per heavy atom. The Balaban J connectivity index is 1.44. The third-order valence-corrected chi connectivity index (χ3v) is 16.2. The fourth-order valence-corrected chi connectivity index (χ4v) is 14.7. The summed E-state index contributed by atoms with van der Waals surface area (Å²) in [5.74, 6) is 0.598. The fourth-order valence-electron chi connectivity index (χ4n) is 14.7. The van der Waals surface area contributed by atoms with Gasteiger partial charge in [0.1, 0.15) is 0 Å². The number of hydrogen-bond acceptors (Lipinski definition) is 10. The Kier molecular flexibility index (Phi) is 21.4. The molecule has 4 rings (SSSR count). The number of carbonyl (C=O) groups is 2. The van der Waals surface area contributed by atoms with Gasteiger partial charge in [-0.25, -0.2) is 0 Å². The van der Waals surface area contributed by atoms with Crippen LogP contribution in [0.1, 0.15) is 267 Å². The van der Waals surface area contributed by atoms with Gasteiger partial charge in [0.05, 0.1) is 26.4 Å².